The highest BCUT2D eigenvalue weighted by atomic mass is 16.2. The second kappa shape index (κ2) is 8.15. The van der Waals surface area contributed by atoms with E-state index in [-0.39, 0.29) is 5.91 Å². The number of benzene rings is 1. The van der Waals surface area contributed by atoms with Crippen LogP contribution in [0.4, 0.5) is 5.69 Å². The predicted molar refractivity (Wildman–Crippen MR) is 87.5 cm³/mol. The molecule has 4 heteroatoms. The Balaban J connectivity index is 1.80. The molecule has 1 aliphatic heterocycles. The van der Waals surface area contributed by atoms with E-state index in [0.29, 0.717) is 12.5 Å². The van der Waals surface area contributed by atoms with Gasteiger partial charge < -0.3 is 10.6 Å². The van der Waals surface area contributed by atoms with E-state index >= 15 is 0 Å². The van der Waals surface area contributed by atoms with Gasteiger partial charge in [0.2, 0.25) is 5.91 Å². The molecule has 1 saturated heterocycles. The number of likely N-dealkylation sites (tertiary alicyclic amines) is 1. The summed E-state index contributed by atoms with van der Waals surface area (Å²) in [5.41, 5.74) is 2.18. The van der Waals surface area contributed by atoms with Gasteiger partial charge in [-0.1, -0.05) is 19.1 Å². The molecule has 1 heterocycles. The van der Waals surface area contributed by atoms with Gasteiger partial charge in [0.1, 0.15) is 0 Å². The Bertz CT molecular complexity index is 442. The molecule has 4 nitrogen and oxygen atoms in total. The molecule has 0 aliphatic carbocycles. The van der Waals surface area contributed by atoms with Crippen LogP contribution in [0.3, 0.4) is 0 Å². The molecule has 0 spiro atoms. The minimum absolute atomic E-state index is 0.0874. The molecule has 2 rings (SSSR count). The molecule has 0 aromatic heterocycles. The van der Waals surface area contributed by atoms with Crippen LogP contribution in [-0.2, 0) is 11.2 Å². The van der Waals surface area contributed by atoms with E-state index < -0.39 is 0 Å². The van der Waals surface area contributed by atoms with Crippen molar-refractivity contribution in [1.82, 2.24) is 10.2 Å². The Hall–Kier alpha value is -1.39. The van der Waals surface area contributed by atoms with Crippen molar-refractivity contribution >= 4 is 11.6 Å². The van der Waals surface area contributed by atoms with Crippen molar-refractivity contribution in [2.24, 2.45) is 5.92 Å². The van der Waals surface area contributed by atoms with Crippen LogP contribution in [0.15, 0.2) is 24.3 Å². The molecule has 1 amide bonds. The van der Waals surface area contributed by atoms with E-state index in [1.54, 1.807) is 0 Å². The Labute approximate surface area is 127 Å². The van der Waals surface area contributed by atoms with Crippen molar-refractivity contribution in [3.63, 3.8) is 0 Å². The van der Waals surface area contributed by atoms with Crippen LogP contribution in [0.5, 0.6) is 0 Å². The number of anilines is 1. The standard InChI is InChI=1S/C17H27N3O/c1-3-14-6-8-16(9-7-14)19-17(21)13-20-10-4-5-15(12-20)11-18-2/h6-9,15,18H,3-5,10-13H2,1-2H3,(H,19,21). The zero-order valence-electron chi connectivity index (χ0n) is 13.2. The largest absolute Gasteiger partial charge is 0.325 e. The fraction of sp³-hybridized carbons (Fsp3) is 0.588. The fourth-order valence-electron chi connectivity index (χ4n) is 2.98. The van der Waals surface area contributed by atoms with E-state index in [9.17, 15) is 4.79 Å². The molecule has 0 radical (unpaired) electrons. The maximum Gasteiger partial charge on any atom is 0.238 e. The molecule has 1 aromatic rings. The molecule has 1 unspecified atom stereocenters. The summed E-state index contributed by atoms with van der Waals surface area (Å²) >= 11 is 0. The highest BCUT2D eigenvalue weighted by molar-refractivity contribution is 5.92. The summed E-state index contributed by atoms with van der Waals surface area (Å²) in [4.78, 5) is 14.4. The third-order valence-corrected chi connectivity index (χ3v) is 4.11. The number of carbonyl (C=O) groups is 1. The lowest BCUT2D eigenvalue weighted by Crippen LogP contribution is -2.42. The van der Waals surface area contributed by atoms with Crippen LogP contribution >= 0.6 is 0 Å². The van der Waals surface area contributed by atoms with Gasteiger partial charge in [-0.2, -0.15) is 0 Å². The number of amides is 1. The molecule has 0 bridgehead atoms. The number of piperidine rings is 1. The van der Waals surface area contributed by atoms with Gasteiger partial charge in [0, 0.05) is 12.2 Å². The summed E-state index contributed by atoms with van der Waals surface area (Å²) in [7, 11) is 1.99. The average molecular weight is 289 g/mol. The molecule has 1 aliphatic rings. The summed E-state index contributed by atoms with van der Waals surface area (Å²) in [5, 5.41) is 6.23. The molecule has 1 fully saturated rings. The predicted octanol–water partition coefficient (Wildman–Crippen LogP) is 2.12. The summed E-state index contributed by atoms with van der Waals surface area (Å²) in [6.45, 7) is 5.71. The number of rotatable bonds is 6. The Morgan fingerprint density at radius 1 is 1.33 bits per heavy atom. The average Bonchev–Trinajstić information content (AvgIpc) is 2.48. The van der Waals surface area contributed by atoms with E-state index in [0.717, 1.165) is 31.7 Å². The highest BCUT2D eigenvalue weighted by Gasteiger charge is 2.20. The van der Waals surface area contributed by atoms with Gasteiger partial charge >= 0.3 is 0 Å². The zero-order valence-corrected chi connectivity index (χ0v) is 13.2. The molecule has 2 N–H and O–H groups in total. The first kappa shape index (κ1) is 16.0. The van der Waals surface area contributed by atoms with Gasteiger partial charge in [0.15, 0.2) is 0 Å². The van der Waals surface area contributed by atoms with Gasteiger partial charge in [-0.05, 0) is 63.0 Å². The molecular formula is C17H27N3O. The van der Waals surface area contributed by atoms with Crippen LogP contribution in [0, 0.1) is 5.92 Å². The van der Waals surface area contributed by atoms with Crippen LogP contribution in [0.2, 0.25) is 0 Å². The van der Waals surface area contributed by atoms with E-state index in [4.69, 9.17) is 0 Å². The minimum atomic E-state index is 0.0874. The lowest BCUT2D eigenvalue weighted by molar-refractivity contribution is -0.117. The first-order valence-corrected chi connectivity index (χ1v) is 7.97. The van der Waals surface area contributed by atoms with E-state index in [2.05, 4.69) is 34.6 Å². The van der Waals surface area contributed by atoms with Crippen molar-refractivity contribution in [1.29, 1.82) is 0 Å². The first-order valence-electron chi connectivity index (χ1n) is 7.97. The topological polar surface area (TPSA) is 44.4 Å². The third-order valence-electron chi connectivity index (χ3n) is 4.11. The van der Waals surface area contributed by atoms with Crippen molar-refractivity contribution in [3.8, 4) is 0 Å². The summed E-state index contributed by atoms with van der Waals surface area (Å²) in [6, 6.07) is 8.10. The molecule has 1 atom stereocenters. The SMILES string of the molecule is CCc1ccc(NC(=O)CN2CCCC(CNC)C2)cc1. The van der Waals surface area contributed by atoms with E-state index in [1.165, 1.54) is 18.4 Å². The number of nitrogens with zero attached hydrogens (tertiary/aromatic N) is 1. The van der Waals surface area contributed by atoms with Crippen molar-refractivity contribution in [2.45, 2.75) is 26.2 Å². The molecule has 1 aromatic carbocycles. The van der Waals surface area contributed by atoms with Gasteiger partial charge in [-0.15, -0.1) is 0 Å². The van der Waals surface area contributed by atoms with Gasteiger partial charge in [0.25, 0.3) is 0 Å². The minimum Gasteiger partial charge on any atom is -0.325 e. The summed E-state index contributed by atoms with van der Waals surface area (Å²) < 4.78 is 0. The number of hydrogen-bond donors (Lipinski definition) is 2. The Kier molecular flexibility index (Phi) is 6.21. The highest BCUT2D eigenvalue weighted by Crippen LogP contribution is 2.16. The number of hydrogen-bond acceptors (Lipinski definition) is 3. The molecule has 116 valence electrons. The maximum atomic E-state index is 12.1. The quantitative estimate of drug-likeness (QED) is 0.843. The van der Waals surface area contributed by atoms with Crippen LogP contribution in [0.25, 0.3) is 0 Å². The van der Waals surface area contributed by atoms with Crippen LogP contribution in [0.1, 0.15) is 25.3 Å². The third kappa shape index (κ3) is 5.14. The summed E-state index contributed by atoms with van der Waals surface area (Å²) in [5.74, 6) is 0.754. The smallest absolute Gasteiger partial charge is 0.238 e. The Morgan fingerprint density at radius 2 is 2.10 bits per heavy atom. The number of carbonyl (C=O) groups excluding carboxylic acids is 1. The van der Waals surface area contributed by atoms with Gasteiger partial charge in [-0.25, -0.2) is 0 Å². The van der Waals surface area contributed by atoms with Crippen LogP contribution in [-0.4, -0.2) is 44.0 Å². The van der Waals surface area contributed by atoms with Crippen molar-refractivity contribution in [2.75, 3.05) is 38.5 Å². The molecular weight excluding hydrogens is 262 g/mol. The zero-order chi connectivity index (χ0) is 15.1. The first-order chi connectivity index (χ1) is 10.2. The van der Waals surface area contributed by atoms with Gasteiger partial charge in [-0.3, -0.25) is 9.69 Å². The number of nitrogens with one attached hydrogen (secondary N) is 2. The van der Waals surface area contributed by atoms with Crippen molar-refractivity contribution in [3.05, 3.63) is 29.8 Å². The molecule has 21 heavy (non-hydrogen) atoms. The normalized spacial score (nSPS) is 19.4. The van der Waals surface area contributed by atoms with Gasteiger partial charge in [0.05, 0.1) is 6.54 Å². The lowest BCUT2D eigenvalue weighted by atomic mass is 9.98. The Morgan fingerprint density at radius 3 is 2.76 bits per heavy atom. The maximum absolute atomic E-state index is 12.1. The number of aryl methyl sites for hydroxylation is 1. The lowest BCUT2D eigenvalue weighted by Gasteiger charge is -2.32. The van der Waals surface area contributed by atoms with E-state index in [1.807, 2.05) is 19.2 Å². The fourth-order valence-corrected chi connectivity index (χ4v) is 2.98. The second-order valence-electron chi connectivity index (χ2n) is 5.90. The van der Waals surface area contributed by atoms with Crippen LogP contribution < -0.4 is 10.6 Å². The van der Waals surface area contributed by atoms with Crippen molar-refractivity contribution < 1.29 is 4.79 Å². The second-order valence-corrected chi connectivity index (χ2v) is 5.90. The summed E-state index contributed by atoms with van der Waals surface area (Å²) in [6.07, 6.45) is 3.47. The monoisotopic (exact) mass is 289 g/mol. The molecule has 0 saturated carbocycles.